The van der Waals surface area contributed by atoms with Crippen molar-refractivity contribution >= 4 is 186 Å². The van der Waals surface area contributed by atoms with Gasteiger partial charge in [-0.15, -0.1) is 57.1 Å². The van der Waals surface area contributed by atoms with Crippen LogP contribution in [0.15, 0.2) is 80.0 Å². The summed E-state index contributed by atoms with van der Waals surface area (Å²) in [5, 5.41) is 105. The Morgan fingerprint density at radius 2 is 1.40 bits per heavy atom. The molecule has 13 bridgehead atoms. The number of carbonyl (C=O) groups excluding carboxylic acids is 15. The molecule has 1 unspecified atom stereocenters. The lowest BCUT2D eigenvalue weighted by Crippen LogP contribution is -2.57. The lowest BCUT2D eigenvalue weighted by molar-refractivity contribution is -0.131. The zero-order chi connectivity index (χ0) is 108. The van der Waals surface area contributed by atoms with Crippen LogP contribution in [-0.4, -0.2) is 309 Å². The van der Waals surface area contributed by atoms with Gasteiger partial charge in [-0.1, -0.05) is 58.1 Å². The number of aliphatic hydroxyl groups is 5. The van der Waals surface area contributed by atoms with Crippen LogP contribution in [0.3, 0.4) is 0 Å². The van der Waals surface area contributed by atoms with Crippen molar-refractivity contribution in [1.29, 1.82) is 0 Å². The van der Waals surface area contributed by atoms with Gasteiger partial charge in [0.1, 0.15) is 120 Å². The Hall–Kier alpha value is -11.5. The molecule has 0 radical (unpaired) electrons. The minimum absolute atomic E-state index is 0.00633. The van der Waals surface area contributed by atoms with Gasteiger partial charge in [-0.05, 0) is 111 Å². The number of aliphatic hydroxyl groups excluding tert-OH is 4. The fourth-order valence-corrected chi connectivity index (χ4v) is 24.0. The third kappa shape index (κ3) is 30.1. The van der Waals surface area contributed by atoms with E-state index >= 15 is 14.4 Å². The van der Waals surface area contributed by atoms with Gasteiger partial charge in [0.2, 0.25) is 47.3 Å². The van der Waals surface area contributed by atoms with Gasteiger partial charge in [0.05, 0.1) is 103 Å². The van der Waals surface area contributed by atoms with Crippen molar-refractivity contribution in [2.45, 2.75) is 253 Å². The average Bonchev–Trinajstić information content (AvgIpc) is 1.60. The summed E-state index contributed by atoms with van der Waals surface area (Å²) in [5.74, 6) is -11.7. The Balaban J connectivity index is 0.821. The van der Waals surface area contributed by atoms with Gasteiger partial charge < -0.3 is 125 Å². The smallest absolute Gasteiger partial charge is 0.357 e. The molecule has 0 spiro atoms. The molecule has 2 saturated heterocycles. The van der Waals surface area contributed by atoms with E-state index in [0.29, 0.717) is 77.1 Å². The summed E-state index contributed by atoms with van der Waals surface area (Å²) >= 11 is 7.34. The molecule has 1 aliphatic carbocycles. The standard InChI is InChI=1S/C95H127N23O24S7/c1-13-43(3)68-85(134)102-46(6)78(127)100-45(5)77(126)101-47(7)79(128)118-95-25-23-56(88-110-61(39-146-88)81(130)107-60(80(129)99-44(4)76(96)125)36-143-34-24-67(123)98-27-18-29-140-31-33-141-32-30-139-28-17-26-97-66(122)20-16-15-19-65-72-58(37-144-65)113-93(137)116-72)105-74(95)59-38-147-89(108-59)70(50(10)142-91(136)57-35-53(48(8)119)52-21-22-55(103-68)73(124)71(52)104-57)115-82(131)62-41-148-90(111-62)75(94(12,138)51(11)121)117-84(133)63-40-145-87(109-63)54(14-2)106-86(135)69(49(9)120)114-83(132)64-42-149-92(95)112-64/h14,21-22,35,38-39,41-43,46-51,55,58,60,63,65,68-70,72-75,103,119-121,124,138H,4-5,13,15-20,23-34,36-37,40H2,1-3,6-12H3,(H2,96,125)(H,97,122)(H,98,123)(H,99,129)(H,100,127)(H,101,126)(H,102,134)(H,106,135)(H,107,130)(H,114,132)(H,115,131)(H,117,133)(H,118,128)(H2,113,116,137)/b54-14-/t43-,46-,47-,48-,49+,50+,51+,55+,58-,60?,63+,65-,68-,69-,70-,72-,73-,74+,75+,94+,95+/m0/s1. The van der Waals surface area contributed by atoms with Gasteiger partial charge in [0.25, 0.3) is 29.5 Å². The van der Waals surface area contributed by atoms with Crippen LogP contribution < -0.4 is 85.5 Å². The molecular weight excluding hydrogens is 2070 g/mol. The van der Waals surface area contributed by atoms with E-state index in [2.05, 4.69) is 108 Å². The summed E-state index contributed by atoms with van der Waals surface area (Å²) in [4.78, 5) is 245. The highest BCUT2D eigenvalue weighted by atomic mass is 32.2. The first-order valence-electron chi connectivity index (χ1n) is 48.7. The lowest BCUT2D eigenvalue weighted by atomic mass is 9.80. The van der Waals surface area contributed by atoms with E-state index in [1.807, 2.05) is 11.8 Å². The molecule has 22 N–H and O–H groups in total. The molecule has 5 aromatic heterocycles. The number of nitrogens with zero attached hydrogens (tertiary/aromatic N) is 7. The number of unbranched alkanes of at least 4 members (excludes halogenated alkanes) is 1. The van der Waals surface area contributed by atoms with Crippen LogP contribution in [0.2, 0.25) is 0 Å². The van der Waals surface area contributed by atoms with Crippen molar-refractivity contribution < 1.29 is 116 Å². The molecule has 6 aliphatic heterocycles. The summed E-state index contributed by atoms with van der Waals surface area (Å²) in [7, 11) is 0. The number of urea groups is 1. The van der Waals surface area contributed by atoms with Crippen molar-refractivity contribution in [3.63, 3.8) is 0 Å². The average molecular weight is 2200 g/mol. The largest absolute Gasteiger partial charge is 0.455 e. The number of esters is 1. The Bertz CT molecular complexity index is 5920. The summed E-state index contributed by atoms with van der Waals surface area (Å²) in [5.41, 5.74) is -1.27. The molecule has 15 amide bonds. The number of cyclic esters (lactones) is 1. The van der Waals surface area contributed by atoms with Crippen molar-refractivity contribution in [1.82, 2.24) is 105 Å². The number of hydrogen-bond acceptors (Lipinski definition) is 39. The number of amides is 15. The van der Waals surface area contributed by atoms with E-state index in [-0.39, 0.29) is 143 Å². The first kappa shape index (κ1) is 116. The molecule has 11 heterocycles. The molecule has 5 aromatic rings. The fraction of sp³-hybridized carbons (Fsp3) is 0.558. The van der Waals surface area contributed by atoms with Crippen molar-refractivity contribution in [3.8, 4) is 0 Å². The van der Waals surface area contributed by atoms with E-state index < -0.39 is 202 Å². The number of primary amides is 1. The van der Waals surface area contributed by atoms with Gasteiger partial charge in [-0.2, -0.15) is 23.5 Å². The first-order valence-corrected chi connectivity index (χ1v) is 55.4. The van der Waals surface area contributed by atoms with Gasteiger partial charge >= 0.3 is 12.0 Å². The summed E-state index contributed by atoms with van der Waals surface area (Å²) in [6, 6.07) is -13.1. The number of allylic oxidation sites excluding steroid dienone is 1. The normalized spacial score (nSPS) is 25.8. The van der Waals surface area contributed by atoms with E-state index in [1.165, 1.54) is 94.3 Å². The predicted octanol–water partition coefficient (Wildman–Crippen LogP) is 1.54. The number of fused-ring (bicyclic) bond motifs is 8. The highest BCUT2D eigenvalue weighted by Gasteiger charge is 2.52. The molecule has 54 heteroatoms. The molecule has 47 nitrogen and oxygen atoms in total. The Labute approximate surface area is 887 Å². The fourth-order valence-electron chi connectivity index (χ4n) is 16.7. The SMILES string of the molecule is C=C(NC(=O)C(CSCCC(=O)NCCCOCCOCCOCCCNC(=O)CCCC[C@@H]1SC[C@@H]2NC(=O)N[C@@H]21)NC(=O)c1csc(C2=N[C@@H]3c4csc(n4)[C@H]4NC(=O)c5csc(n5)[C@H]([C@](C)(O)[C@@H](C)O)NC(=O)[C@H]5CSC(=N5)/C(=C/C)NC(=O)[C@H]([C@@H](C)O)NC(=O)c5csc(n5)[C@]3(CC2)NC(=O)[C@H](C)NC(=O)C(=C)NC(=O)[C@H](C)NC(=O)[C@H]([C@@H](C)CC)N[C@@H]2C=Cc3c([C@H](C)O)cc(nc3[C@H]2O)C(=O)O[C@@H]4C)n1)C(N)=O. The lowest BCUT2D eigenvalue weighted by Gasteiger charge is -2.41. The summed E-state index contributed by atoms with van der Waals surface area (Å²) < 4.78 is 23.3. The van der Waals surface area contributed by atoms with E-state index in [4.69, 9.17) is 44.6 Å². The van der Waals surface area contributed by atoms with Gasteiger partial charge in [-0.25, -0.2) is 34.5 Å². The monoisotopic (exact) mass is 2200 g/mol. The molecule has 21 atom stereocenters. The maximum atomic E-state index is 15.7. The van der Waals surface area contributed by atoms with Crippen molar-refractivity contribution in [3.05, 3.63) is 135 Å². The molecule has 0 aromatic carbocycles. The number of carbonyl (C=O) groups is 15. The number of aliphatic imine (C=N–C) groups is 2. The zero-order valence-corrected chi connectivity index (χ0v) is 89.3. The minimum atomic E-state index is -2.23. The quantitative estimate of drug-likeness (QED) is 0.0117. The van der Waals surface area contributed by atoms with Crippen LogP contribution in [0.4, 0.5) is 4.79 Å². The zero-order valence-electron chi connectivity index (χ0n) is 83.6. The van der Waals surface area contributed by atoms with Gasteiger partial charge in [0.15, 0.2) is 0 Å². The predicted molar refractivity (Wildman–Crippen MR) is 556 cm³/mol. The maximum Gasteiger partial charge on any atom is 0.357 e. The molecule has 149 heavy (non-hydrogen) atoms. The van der Waals surface area contributed by atoms with E-state index in [9.17, 15) is 83.1 Å². The number of ether oxygens (including phenoxy) is 4. The van der Waals surface area contributed by atoms with Gasteiger partial charge in [-0.3, -0.25) is 77.6 Å². The first-order chi connectivity index (χ1) is 71.0. The molecular formula is C95H127N23O24S7. The second-order valence-corrected chi connectivity index (χ2v) is 43.8. The maximum absolute atomic E-state index is 15.7. The third-order valence-corrected chi connectivity index (χ3v) is 33.1. The number of pyridine rings is 1. The van der Waals surface area contributed by atoms with Crippen LogP contribution in [0.1, 0.15) is 248 Å². The molecule has 12 rings (SSSR count). The highest BCUT2D eigenvalue weighted by molar-refractivity contribution is 8.14. The Kier molecular flexibility index (Phi) is 41.7. The number of hydrogen-bond donors (Lipinski definition) is 21. The second kappa shape index (κ2) is 53.5. The Morgan fingerprint density at radius 3 is 2.08 bits per heavy atom. The molecule has 2 fully saturated rings. The van der Waals surface area contributed by atoms with E-state index in [1.54, 1.807) is 20.8 Å². The summed E-state index contributed by atoms with van der Waals surface area (Å²) in [6.07, 6.45) is 0.720. The van der Waals surface area contributed by atoms with Crippen molar-refractivity contribution in [2.24, 2.45) is 21.6 Å². The number of rotatable bonds is 36. The van der Waals surface area contributed by atoms with Gasteiger partial charge in [0, 0.05) is 94.5 Å². The van der Waals surface area contributed by atoms with Crippen LogP contribution >= 0.6 is 80.6 Å². The number of thiazole rings is 4. The van der Waals surface area contributed by atoms with Crippen molar-refractivity contribution in [2.75, 3.05) is 75.7 Å². The topological polar surface area (TPSA) is 690 Å². The van der Waals surface area contributed by atoms with Crippen LogP contribution in [0.25, 0.3) is 6.08 Å². The van der Waals surface area contributed by atoms with Crippen LogP contribution in [0, 0.1) is 5.92 Å². The third-order valence-electron chi connectivity index (χ3n) is 25.7. The van der Waals surface area contributed by atoms with Crippen LogP contribution in [0.5, 0.6) is 0 Å². The number of aromatic nitrogens is 5. The minimum Gasteiger partial charge on any atom is -0.455 e. The number of thioether (sulfide) groups is 3. The summed E-state index contributed by atoms with van der Waals surface area (Å²) in [6.45, 7) is 24.3. The molecule has 7 aliphatic rings. The highest BCUT2D eigenvalue weighted by Crippen LogP contribution is 2.48. The second-order valence-electron chi connectivity index (χ2n) is 36.9. The number of nitrogens with two attached hydrogens (primary N) is 1. The molecule has 0 saturated carbocycles. The number of nitrogens with one attached hydrogen (secondary N) is 15. The molecule has 808 valence electrons. The van der Waals surface area contributed by atoms with E-state index in [0.717, 1.165) is 93.9 Å². The van der Waals surface area contributed by atoms with Crippen LogP contribution in [-0.2, 0) is 72.4 Å². The Morgan fingerprint density at radius 1 is 0.718 bits per heavy atom.